The highest BCUT2D eigenvalue weighted by atomic mass is 35.5. The summed E-state index contributed by atoms with van der Waals surface area (Å²) in [5.41, 5.74) is 0. The van der Waals surface area contributed by atoms with Crippen molar-refractivity contribution in [1.29, 1.82) is 0 Å². The molecule has 78 valence electrons. The van der Waals surface area contributed by atoms with Crippen molar-refractivity contribution in [2.24, 2.45) is 4.99 Å². The second-order valence-electron chi connectivity index (χ2n) is 4.18. The third-order valence-electron chi connectivity index (χ3n) is 3.22. The molecular formula is C12H13ClN2. The van der Waals surface area contributed by atoms with Gasteiger partial charge in [0.15, 0.2) is 0 Å². The van der Waals surface area contributed by atoms with Crippen molar-refractivity contribution in [3.63, 3.8) is 0 Å². The van der Waals surface area contributed by atoms with Gasteiger partial charge >= 0.3 is 0 Å². The summed E-state index contributed by atoms with van der Waals surface area (Å²) in [6.07, 6.45) is 4.72. The summed E-state index contributed by atoms with van der Waals surface area (Å²) in [7, 11) is 0. The van der Waals surface area contributed by atoms with Crippen LogP contribution in [0.25, 0.3) is 6.20 Å². The third-order valence-corrected chi connectivity index (χ3v) is 3.55. The molecule has 0 radical (unpaired) electrons. The summed E-state index contributed by atoms with van der Waals surface area (Å²) in [6.45, 7) is 2.05. The van der Waals surface area contributed by atoms with E-state index in [-0.39, 0.29) is 0 Å². The minimum Gasteiger partial charge on any atom is -0.372 e. The number of nitrogens with zero attached hydrogens (tertiary/aromatic N) is 2. The van der Waals surface area contributed by atoms with Gasteiger partial charge in [-0.25, -0.2) is 0 Å². The first kappa shape index (κ1) is 9.22. The quantitative estimate of drug-likeness (QED) is 0.641. The number of benzene rings is 1. The van der Waals surface area contributed by atoms with Gasteiger partial charge in [-0.2, -0.15) is 0 Å². The van der Waals surface area contributed by atoms with Gasteiger partial charge < -0.3 is 4.90 Å². The van der Waals surface area contributed by atoms with Crippen molar-refractivity contribution >= 4 is 17.8 Å². The van der Waals surface area contributed by atoms with E-state index in [2.05, 4.69) is 16.1 Å². The molecular weight excluding hydrogens is 208 g/mol. The average molecular weight is 221 g/mol. The molecule has 2 aliphatic heterocycles. The van der Waals surface area contributed by atoms with E-state index >= 15 is 0 Å². The molecule has 3 rings (SSSR count). The third kappa shape index (κ3) is 1.53. The van der Waals surface area contributed by atoms with Crippen molar-refractivity contribution in [1.82, 2.24) is 4.90 Å². The molecule has 0 bridgehead atoms. The van der Waals surface area contributed by atoms with Crippen LogP contribution in [0.3, 0.4) is 0 Å². The number of fused-ring (bicyclic) bond motifs is 2. The normalized spacial score (nSPS) is 23.5. The Morgan fingerprint density at radius 2 is 2.33 bits per heavy atom. The zero-order chi connectivity index (χ0) is 10.3. The first-order chi connectivity index (χ1) is 7.34. The standard InChI is InChI=1S/C12H13ClN2/c13-11-4-1-5-12-10(11)8-15-6-2-3-9(15)7-14-12/h1,4-5,8-9H,2-3,6-7H2. The zero-order valence-electron chi connectivity index (χ0n) is 8.49. The van der Waals surface area contributed by atoms with Crippen molar-refractivity contribution < 1.29 is 0 Å². The smallest absolute Gasteiger partial charge is 0.0677 e. The highest BCUT2D eigenvalue weighted by Crippen LogP contribution is 2.18. The molecule has 2 nitrogen and oxygen atoms in total. The van der Waals surface area contributed by atoms with Crippen molar-refractivity contribution in [3.8, 4) is 0 Å². The first-order valence-electron chi connectivity index (χ1n) is 5.41. The van der Waals surface area contributed by atoms with E-state index in [1.54, 1.807) is 0 Å². The second-order valence-corrected chi connectivity index (χ2v) is 4.58. The molecule has 0 saturated carbocycles. The molecule has 1 aromatic carbocycles. The Labute approximate surface area is 93.9 Å². The van der Waals surface area contributed by atoms with Gasteiger partial charge in [0.25, 0.3) is 0 Å². The Morgan fingerprint density at radius 1 is 1.40 bits per heavy atom. The first-order valence-corrected chi connectivity index (χ1v) is 5.79. The zero-order valence-corrected chi connectivity index (χ0v) is 9.24. The number of hydrogen-bond acceptors (Lipinski definition) is 2. The Hall–Kier alpha value is -1.02. The fourth-order valence-electron chi connectivity index (χ4n) is 2.38. The predicted molar refractivity (Wildman–Crippen MR) is 61.3 cm³/mol. The van der Waals surface area contributed by atoms with Crippen LogP contribution in [0.5, 0.6) is 0 Å². The van der Waals surface area contributed by atoms with Crippen LogP contribution in [-0.2, 0) is 0 Å². The maximum absolute atomic E-state index is 6.19. The summed E-state index contributed by atoms with van der Waals surface area (Å²) in [5, 5.41) is 2.93. The summed E-state index contributed by atoms with van der Waals surface area (Å²) in [6, 6.07) is 6.53. The van der Waals surface area contributed by atoms with Crippen molar-refractivity contribution in [2.75, 3.05) is 13.1 Å². The number of halogens is 1. The summed E-state index contributed by atoms with van der Waals surface area (Å²) in [5.74, 6) is 0. The van der Waals surface area contributed by atoms with Crippen LogP contribution in [-0.4, -0.2) is 24.0 Å². The van der Waals surface area contributed by atoms with Crippen molar-refractivity contribution in [2.45, 2.75) is 18.9 Å². The molecule has 15 heavy (non-hydrogen) atoms. The van der Waals surface area contributed by atoms with E-state index in [0.29, 0.717) is 6.04 Å². The summed E-state index contributed by atoms with van der Waals surface area (Å²) < 4.78 is 0. The van der Waals surface area contributed by atoms with Gasteiger partial charge in [-0.3, -0.25) is 4.99 Å². The monoisotopic (exact) mass is 220 g/mol. The molecule has 2 heterocycles. The highest BCUT2D eigenvalue weighted by Gasteiger charge is 2.22. The maximum Gasteiger partial charge on any atom is 0.0677 e. The van der Waals surface area contributed by atoms with Crippen LogP contribution in [0.1, 0.15) is 12.8 Å². The lowest BCUT2D eigenvalue weighted by Gasteiger charge is -2.19. The summed E-state index contributed by atoms with van der Waals surface area (Å²) in [4.78, 5) is 7.02. The topological polar surface area (TPSA) is 15.6 Å². The van der Waals surface area contributed by atoms with E-state index in [9.17, 15) is 0 Å². The largest absolute Gasteiger partial charge is 0.372 e. The highest BCUT2D eigenvalue weighted by molar-refractivity contribution is 6.30. The number of rotatable bonds is 0. The number of hydrogen-bond donors (Lipinski definition) is 0. The molecule has 0 amide bonds. The molecule has 0 aliphatic carbocycles. The maximum atomic E-state index is 6.19. The van der Waals surface area contributed by atoms with Gasteiger partial charge in [0, 0.05) is 24.0 Å². The van der Waals surface area contributed by atoms with Crippen LogP contribution in [0.4, 0.5) is 0 Å². The lowest BCUT2D eigenvalue weighted by Crippen LogP contribution is -2.29. The molecule has 0 N–H and O–H groups in total. The molecule has 1 fully saturated rings. The fraction of sp³-hybridized carbons (Fsp3) is 0.417. The van der Waals surface area contributed by atoms with Gasteiger partial charge in [-0.15, -0.1) is 0 Å². The van der Waals surface area contributed by atoms with Gasteiger partial charge in [0.05, 0.1) is 16.9 Å². The minimum absolute atomic E-state index is 0.591. The Bertz CT molecular complexity index is 495. The van der Waals surface area contributed by atoms with E-state index in [1.807, 2.05) is 18.2 Å². The second kappa shape index (κ2) is 3.53. The molecule has 0 aromatic heterocycles. The Morgan fingerprint density at radius 3 is 3.27 bits per heavy atom. The average Bonchev–Trinajstić information content (AvgIpc) is 2.60. The molecule has 1 aromatic rings. The Balaban J connectivity index is 2.23. The molecule has 1 saturated heterocycles. The van der Waals surface area contributed by atoms with Gasteiger partial charge in [0.1, 0.15) is 0 Å². The van der Waals surface area contributed by atoms with Gasteiger partial charge in [0.2, 0.25) is 0 Å². The lowest BCUT2D eigenvalue weighted by molar-refractivity contribution is 0.391. The van der Waals surface area contributed by atoms with Gasteiger partial charge in [-0.1, -0.05) is 17.7 Å². The molecule has 1 unspecified atom stereocenters. The van der Waals surface area contributed by atoms with E-state index in [4.69, 9.17) is 11.6 Å². The van der Waals surface area contributed by atoms with Gasteiger partial charge in [-0.05, 0) is 25.0 Å². The van der Waals surface area contributed by atoms with E-state index in [0.717, 1.165) is 28.7 Å². The molecule has 0 spiro atoms. The molecule has 3 heteroatoms. The van der Waals surface area contributed by atoms with Crippen LogP contribution in [0, 0.1) is 0 Å². The van der Waals surface area contributed by atoms with Crippen LogP contribution < -0.4 is 10.6 Å². The van der Waals surface area contributed by atoms with E-state index < -0.39 is 0 Å². The lowest BCUT2D eigenvalue weighted by atomic mass is 10.2. The van der Waals surface area contributed by atoms with Crippen LogP contribution in [0.15, 0.2) is 23.2 Å². The van der Waals surface area contributed by atoms with Crippen LogP contribution >= 0.6 is 11.6 Å². The predicted octanol–water partition coefficient (Wildman–Crippen LogP) is 1.18. The SMILES string of the molecule is Clc1cccc2c1=CN1CCCC1CN=2. The van der Waals surface area contributed by atoms with Crippen LogP contribution in [0.2, 0.25) is 5.02 Å². The fourth-order valence-corrected chi connectivity index (χ4v) is 2.60. The Kier molecular flexibility index (Phi) is 2.17. The minimum atomic E-state index is 0.591. The van der Waals surface area contributed by atoms with E-state index in [1.165, 1.54) is 12.8 Å². The molecule has 2 aliphatic rings. The molecule has 1 atom stereocenters. The summed E-state index contributed by atoms with van der Waals surface area (Å²) >= 11 is 6.19. The van der Waals surface area contributed by atoms with Crippen molar-refractivity contribution in [3.05, 3.63) is 33.8 Å².